The predicted molar refractivity (Wildman–Crippen MR) is 101 cm³/mol. The minimum atomic E-state index is -0.580. The van der Waals surface area contributed by atoms with Crippen LogP contribution in [-0.2, 0) is 11.2 Å². The van der Waals surface area contributed by atoms with Crippen LogP contribution in [0.15, 0.2) is 23.2 Å². The Balaban J connectivity index is 1.84. The summed E-state index contributed by atoms with van der Waals surface area (Å²) in [6.45, 7) is 6.51. The number of amides is 1. The number of aliphatic imine (C=N–C) groups is 1. The highest BCUT2D eigenvalue weighted by molar-refractivity contribution is 5.80. The number of ether oxygens (including phenoxy) is 1. The normalized spacial score (nSPS) is 15.6. The van der Waals surface area contributed by atoms with Crippen LogP contribution in [0.3, 0.4) is 0 Å². The van der Waals surface area contributed by atoms with Gasteiger partial charge in [0.25, 0.3) is 0 Å². The third-order valence-corrected chi connectivity index (χ3v) is 4.37. The van der Waals surface area contributed by atoms with Gasteiger partial charge >= 0.3 is 6.09 Å². The van der Waals surface area contributed by atoms with E-state index in [1.165, 1.54) is 12.1 Å². The lowest BCUT2D eigenvalue weighted by Gasteiger charge is -2.32. The Morgan fingerprint density at radius 2 is 2.04 bits per heavy atom. The van der Waals surface area contributed by atoms with Gasteiger partial charge in [0, 0.05) is 38.3 Å². The van der Waals surface area contributed by atoms with Crippen LogP contribution >= 0.6 is 0 Å². The molecule has 8 heteroatoms. The van der Waals surface area contributed by atoms with Crippen molar-refractivity contribution in [3.63, 3.8) is 0 Å². The molecule has 1 aliphatic heterocycles. The number of halogens is 2. The maximum Gasteiger partial charge on any atom is 0.409 e. The van der Waals surface area contributed by atoms with Crippen LogP contribution in [0.1, 0.15) is 32.3 Å². The molecule has 1 amide bonds. The largest absolute Gasteiger partial charge is 0.450 e. The number of benzene rings is 1. The van der Waals surface area contributed by atoms with Gasteiger partial charge < -0.3 is 20.3 Å². The number of guanidine groups is 1. The molecule has 0 atom stereocenters. The summed E-state index contributed by atoms with van der Waals surface area (Å²) in [5.41, 5.74) is 0.443. The number of hydrogen-bond acceptors (Lipinski definition) is 3. The summed E-state index contributed by atoms with van der Waals surface area (Å²) in [5, 5.41) is 6.54. The summed E-state index contributed by atoms with van der Waals surface area (Å²) in [7, 11) is 0. The fourth-order valence-corrected chi connectivity index (χ4v) is 2.95. The highest BCUT2D eigenvalue weighted by Gasteiger charge is 2.24. The Labute approximate surface area is 159 Å². The summed E-state index contributed by atoms with van der Waals surface area (Å²) < 4.78 is 31.7. The second kappa shape index (κ2) is 10.7. The maximum atomic E-state index is 13.7. The zero-order valence-corrected chi connectivity index (χ0v) is 15.9. The molecule has 1 aromatic rings. The van der Waals surface area contributed by atoms with Gasteiger partial charge in [0.2, 0.25) is 0 Å². The molecule has 6 nitrogen and oxygen atoms in total. The number of likely N-dealkylation sites (tertiary alicyclic amines) is 1. The first-order valence-corrected chi connectivity index (χ1v) is 9.44. The van der Waals surface area contributed by atoms with E-state index in [9.17, 15) is 13.6 Å². The second-order valence-corrected chi connectivity index (χ2v) is 6.35. The van der Waals surface area contributed by atoms with Gasteiger partial charge in [-0.25, -0.2) is 13.6 Å². The minimum absolute atomic E-state index is 0.205. The van der Waals surface area contributed by atoms with Crippen LogP contribution in [0.25, 0.3) is 0 Å². The molecule has 0 saturated carbocycles. The smallest absolute Gasteiger partial charge is 0.409 e. The molecule has 2 rings (SSSR count). The molecule has 1 heterocycles. The lowest BCUT2D eigenvalue weighted by molar-refractivity contribution is 0.0963. The molecule has 0 aliphatic carbocycles. The molecule has 0 bridgehead atoms. The summed E-state index contributed by atoms with van der Waals surface area (Å²) in [4.78, 5) is 17.9. The van der Waals surface area contributed by atoms with Crippen molar-refractivity contribution in [3.8, 4) is 0 Å². The lowest BCUT2D eigenvalue weighted by Crippen LogP contribution is -2.50. The Morgan fingerprint density at radius 1 is 1.30 bits per heavy atom. The number of rotatable bonds is 6. The van der Waals surface area contributed by atoms with Gasteiger partial charge in [-0.3, -0.25) is 4.99 Å². The van der Waals surface area contributed by atoms with Gasteiger partial charge in [0.15, 0.2) is 5.96 Å². The van der Waals surface area contributed by atoms with Gasteiger partial charge in [-0.05, 0) is 44.7 Å². The Morgan fingerprint density at radius 3 is 2.67 bits per heavy atom. The monoisotopic (exact) mass is 382 g/mol. The standard InChI is InChI=1S/C19H28F2N4O2/c1-3-22-18(23-10-7-14-5-6-15(20)13-17(14)21)24-16-8-11-25(12-9-16)19(26)27-4-2/h5-6,13,16H,3-4,7-12H2,1-2H3,(H2,22,23,24). The van der Waals surface area contributed by atoms with E-state index >= 15 is 0 Å². The number of carbonyl (C=O) groups excluding carboxylic acids is 1. The lowest BCUT2D eigenvalue weighted by atomic mass is 10.1. The zero-order valence-electron chi connectivity index (χ0n) is 15.9. The SMILES string of the molecule is CCNC(=NCCc1ccc(F)cc1F)NC1CCN(C(=O)OCC)CC1. The van der Waals surface area contributed by atoms with E-state index in [0.29, 0.717) is 50.7 Å². The molecular formula is C19H28F2N4O2. The molecule has 0 aromatic heterocycles. The number of nitrogens with zero attached hydrogens (tertiary/aromatic N) is 2. The molecule has 2 N–H and O–H groups in total. The molecule has 0 spiro atoms. The van der Waals surface area contributed by atoms with Crippen molar-refractivity contribution in [1.29, 1.82) is 0 Å². The zero-order chi connectivity index (χ0) is 19.6. The van der Waals surface area contributed by atoms with Crippen molar-refractivity contribution in [3.05, 3.63) is 35.4 Å². The van der Waals surface area contributed by atoms with Crippen molar-refractivity contribution in [2.75, 3.05) is 32.8 Å². The van der Waals surface area contributed by atoms with E-state index in [-0.39, 0.29) is 12.1 Å². The summed E-state index contributed by atoms with van der Waals surface area (Å²) in [6.07, 6.45) is 1.73. The molecule has 1 saturated heterocycles. The van der Waals surface area contributed by atoms with Crippen LogP contribution in [0.5, 0.6) is 0 Å². The number of piperidine rings is 1. The van der Waals surface area contributed by atoms with Crippen LogP contribution in [0.4, 0.5) is 13.6 Å². The number of carbonyl (C=O) groups is 1. The van der Waals surface area contributed by atoms with Crippen LogP contribution in [0.2, 0.25) is 0 Å². The van der Waals surface area contributed by atoms with E-state index < -0.39 is 11.6 Å². The van der Waals surface area contributed by atoms with E-state index in [0.717, 1.165) is 18.9 Å². The van der Waals surface area contributed by atoms with Crippen LogP contribution in [-0.4, -0.2) is 55.8 Å². The van der Waals surface area contributed by atoms with Crippen molar-refractivity contribution < 1.29 is 18.3 Å². The maximum absolute atomic E-state index is 13.7. The number of hydrogen-bond donors (Lipinski definition) is 2. The molecule has 150 valence electrons. The average molecular weight is 382 g/mol. The average Bonchev–Trinajstić information content (AvgIpc) is 2.64. The van der Waals surface area contributed by atoms with E-state index in [1.807, 2.05) is 6.92 Å². The van der Waals surface area contributed by atoms with Crippen molar-refractivity contribution >= 4 is 12.1 Å². The molecule has 1 fully saturated rings. The molecule has 1 aromatic carbocycles. The van der Waals surface area contributed by atoms with Crippen LogP contribution in [0, 0.1) is 11.6 Å². The van der Waals surface area contributed by atoms with E-state index in [1.54, 1.807) is 11.8 Å². The fourth-order valence-electron chi connectivity index (χ4n) is 2.95. The number of nitrogens with one attached hydrogen (secondary N) is 2. The van der Waals surface area contributed by atoms with Crippen molar-refractivity contribution in [1.82, 2.24) is 15.5 Å². The van der Waals surface area contributed by atoms with Gasteiger partial charge in [-0.2, -0.15) is 0 Å². The fraction of sp³-hybridized carbons (Fsp3) is 0.579. The predicted octanol–water partition coefficient (Wildman–Crippen LogP) is 2.68. The Kier molecular flexibility index (Phi) is 8.29. The Bertz CT molecular complexity index is 647. The summed E-state index contributed by atoms with van der Waals surface area (Å²) >= 11 is 0. The molecule has 0 unspecified atom stereocenters. The molecule has 1 aliphatic rings. The summed E-state index contributed by atoms with van der Waals surface area (Å²) in [5.74, 6) is -0.465. The van der Waals surface area contributed by atoms with Crippen LogP contribution < -0.4 is 10.6 Å². The van der Waals surface area contributed by atoms with Crippen molar-refractivity contribution in [2.24, 2.45) is 4.99 Å². The third kappa shape index (κ3) is 6.69. The van der Waals surface area contributed by atoms with E-state index in [4.69, 9.17) is 4.74 Å². The minimum Gasteiger partial charge on any atom is -0.450 e. The molecule has 0 radical (unpaired) electrons. The quantitative estimate of drug-likeness (QED) is 0.586. The van der Waals surface area contributed by atoms with Gasteiger partial charge in [0.1, 0.15) is 11.6 Å². The van der Waals surface area contributed by atoms with E-state index in [2.05, 4.69) is 15.6 Å². The Hall–Kier alpha value is -2.38. The molecule has 27 heavy (non-hydrogen) atoms. The summed E-state index contributed by atoms with van der Waals surface area (Å²) in [6, 6.07) is 3.80. The molecular weight excluding hydrogens is 354 g/mol. The topological polar surface area (TPSA) is 66.0 Å². The van der Waals surface area contributed by atoms with Crippen molar-refractivity contribution in [2.45, 2.75) is 39.2 Å². The second-order valence-electron chi connectivity index (χ2n) is 6.35. The first-order valence-electron chi connectivity index (χ1n) is 9.44. The third-order valence-electron chi connectivity index (χ3n) is 4.37. The van der Waals surface area contributed by atoms with Gasteiger partial charge in [-0.1, -0.05) is 6.07 Å². The first kappa shape index (κ1) is 20.9. The highest BCUT2D eigenvalue weighted by atomic mass is 19.1. The van der Waals surface area contributed by atoms with Gasteiger partial charge in [0.05, 0.1) is 6.61 Å². The van der Waals surface area contributed by atoms with Gasteiger partial charge in [-0.15, -0.1) is 0 Å². The first-order chi connectivity index (χ1) is 13.0. The highest BCUT2D eigenvalue weighted by Crippen LogP contribution is 2.12.